The summed E-state index contributed by atoms with van der Waals surface area (Å²) in [5.74, 6) is 0.715. The van der Waals surface area contributed by atoms with E-state index in [0.29, 0.717) is 11.7 Å². The van der Waals surface area contributed by atoms with Gasteiger partial charge in [-0.1, -0.05) is 48.0 Å². The van der Waals surface area contributed by atoms with Crippen LogP contribution in [0, 0.1) is 5.92 Å². The molecule has 0 aromatic carbocycles. The van der Waals surface area contributed by atoms with Gasteiger partial charge in [-0.3, -0.25) is 0 Å². The molecule has 5 heteroatoms. The molecule has 2 saturated carbocycles. The van der Waals surface area contributed by atoms with Crippen LogP contribution in [0.4, 0.5) is 0 Å². The smallest absolute Gasteiger partial charge is 0.212 e. The summed E-state index contributed by atoms with van der Waals surface area (Å²) in [6, 6.07) is 0. The van der Waals surface area contributed by atoms with Crippen LogP contribution < -0.4 is 4.72 Å². The number of sulfonamides is 1. The Kier molecular flexibility index (Phi) is 5.12. The highest BCUT2D eigenvalue weighted by atomic mass is 79.9. The first-order valence-electron chi connectivity index (χ1n) is 7.13. The molecule has 106 valence electrons. The summed E-state index contributed by atoms with van der Waals surface area (Å²) in [6.07, 6.45) is 10.1. The second-order valence-electron chi connectivity index (χ2n) is 6.01. The van der Waals surface area contributed by atoms with Gasteiger partial charge in [0.15, 0.2) is 0 Å². The van der Waals surface area contributed by atoms with E-state index >= 15 is 0 Å². The minimum atomic E-state index is -3.12. The highest BCUT2D eigenvalue weighted by Crippen LogP contribution is 2.32. The van der Waals surface area contributed by atoms with E-state index in [9.17, 15) is 8.42 Å². The summed E-state index contributed by atoms with van der Waals surface area (Å²) < 4.78 is 27.6. The first-order chi connectivity index (χ1) is 8.55. The molecular formula is C13H24BrNO2S. The van der Waals surface area contributed by atoms with Crippen molar-refractivity contribution in [2.45, 2.75) is 63.3 Å². The lowest BCUT2D eigenvalue weighted by Gasteiger charge is -2.29. The van der Waals surface area contributed by atoms with E-state index in [1.165, 1.54) is 19.3 Å². The molecule has 2 fully saturated rings. The molecule has 2 aliphatic rings. The summed E-state index contributed by atoms with van der Waals surface area (Å²) in [4.78, 5) is 0. The van der Waals surface area contributed by atoms with Crippen molar-refractivity contribution >= 4 is 26.0 Å². The van der Waals surface area contributed by atoms with Crippen LogP contribution in [0.2, 0.25) is 0 Å². The van der Waals surface area contributed by atoms with Crippen molar-refractivity contribution in [3.8, 4) is 0 Å². The average Bonchev–Trinajstić information content (AvgIpc) is 2.78. The van der Waals surface area contributed by atoms with Gasteiger partial charge in [-0.25, -0.2) is 13.1 Å². The van der Waals surface area contributed by atoms with Crippen LogP contribution in [0.3, 0.4) is 0 Å². The second-order valence-corrected chi connectivity index (χ2v) is 8.34. The van der Waals surface area contributed by atoms with Gasteiger partial charge in [-0.2, -0.15) is 0 Å². The zero-order valence-corrected chi connectivity index (χ0v) is 13.4. The normalized spacial score (nSPS) is 25.4. The number of hydrogen-bond acceptors (Lipinski definition) is 2. The molecule has 0 radical (unpaired) electrons. The maximum absolute atomic E-state index is 12.3. The predicted molar refractivity (Wildman–Crippen MR) is 78.5 cm³/mol. The van der Waals surface area contributed by atoms with Gasteiger partial charge >= 0.3 is 0 Å². The fraction of sp³-hybridized carbons (Fsp3) is 1.00. The molecule has 0 saturated heterocycles. The molecule has 2 rings (SSSR count). The van der Waals surface area contributed by atoms with E-state index in [0.717, 1.165) is 43.9 Å². The van der Waals surface area contributed by atoms with Crippen LogP contribution in [-0.4, -0.2) is 25.0 Å². The van der Waals surface area contributed by atoms with Gasteiger partial charge in [0.05, 0.1) is 5.75 Å². The average molecular weight is 338 g/mol. The van der Waals surface area contributed by atoms with E-state index in [1.54, 1.807) is 0 Å². The topological polar surface area (TPSA) is 46.2 Å². The Hall–Kier alpha value is 0.390. The van der Waals surface area contributed by atoms with Crippen LogP contribution in [0.25, 0.3) is 0 Å². The summed E-state index contributed by atoms with van der Waals surface area (Å²) in [7, 11) is -3.12. The quantitative estimate of drug-likeness (QED) is 0.783. The van der Waals surface area contributed by atoms with Crippen molar-refractivity contribution in [3.05, 3.63) is 0 Å². The first-order valence-corrected chi connectivity index (χ1v) is 9.90. The molecular weight excluding hydrogens is 314 g/mol. The lowest BCUT2D eigenvalue weighted by molar-refractivity contribution is 0.378. The van der Waals surface area contributed by atoms with Gasteiger partial charge in [0.1, 0.15) is 0 Å². The Morgan fingerprint density at radius 2 is 1.67 bits per heavy atom. The SMILES string of the molecule is O=S(=O)(CC1CCCCC1)NC1(CBr)CCCC1. The predicted octanol–water partition coefficient (Wildman–Crippen LogP) is 3.19. The zero-order chi connectivity index (χ0) is 13.1. The molecule has 18 heavy (non-hydrogen) atoms. The first kappa shape index (κ1) is 14.8. The molecule has 0 aromatic heterocycles. The van der Waals surface area contributed by atoms with E-state index in [-0.39, 0.29) is 5.54 Å². The van der Waals surface area contributed by atoms with Crippen molar-refractivity contribution in [2.24, 2.45) is 5.92 Å². The monoisotopic (exact) mass is 337 g/mol. The van der Waals surface area contributed by atoms with Gasteiger partial charge in [0.2, 0.25) is 10.0 Å². The van der Waals surface area contributed by atoms with Crippen LogP contribution in [0.5, 0.6) is 0 Å². The lowest BCUT2D eigenvalue weighted by Crippen LogP contribution is -2.49. The molecule has 0 heterocycles. The zero-order valence-electron chi connectivity index (χ0n) is 11.0. The largest absolute Gasteiger partial charge is 0.212 e. The standard InChI is InChI=1S/C13H24BrNO2S/c14-11-13(8-4-5-9-13)15-18(16,17)10-12-6-2-1-3-7-12/h12,15H,1-11H2. The highest BCUT2D eigenvalue weighted by molar-refractivity contribution is 9.09. The third-order valence-electron chi connectivity index (χ3n) is 4.37. The molecule has 0 bridgehead atoms. The fourth-order valence-electron chi connectivity index (χ4n) is 3.35. The Bertz CT molecular complexity index is 357. The van der Waals surface area contributed by atoms with Crippen LogP contribution >= 0.6 is 15.9 Å². The van der Waals surface area contributed by atoms with Gasteiger partial charge in [-0.15, -0.1) is 0 Å². The van der Waals surface area contributed by atoms with Gasteiger partial charge < -0.3 is 0 Å². The second kappa shape index (κ2) is 6.23. The van der Waals surface area contributed by atoms with Crippen molar-refractivity contribution in [3.63, 3.8) is 0 Å². The Labute approximate surface area is 119 Å². The molecule has 0 atom stereocenters. The van der Waals surface area contributed by atoms with Crippen LogP contribution in [0.15, 0.2) is 0 Å². The Morgan fingerprint density at radius 1 is 1.06 bits per heavy atom. The van der Waals surface area contributed by atoms with Crippen molar-refractivity contribution in [1.29, 1.82) is 0 Å². The molecule has 0 aliphatic heterocycles. The molecule has 2 aliphatic carbocycles. The number of rotatable bonds is 5. The minimum Gasteiger partial charge on any atom is -0.212 e. The third kappa shape index (κ3) is 3.94. The van der Waals surface area contributed by atoms with Gasteiger partial charge in [0.25, 0.3) is 0 Å². The van der Waals surface area contributed by atoms with E-state index < -0.39 is 10.0 Å². The van der Waals surface area contributed by atoms with Crippen molar-refractivity contribution in [2.75, 3.05) is 11.1 Å². The molecule has 3 nitrogen and oxygen atoms in total. The fourth-order valence-corrected chi connectivity index (χ4v) is 6.21. The third-order valence-corrected chi connectivity index (χ3v) is 7.10. The molecule has 0 unspecified atom stereocenters. The highest BCUT2D eigenvalue weighted by Gasteiger charge is 2.37. The molecule has 0 amide bonds. The van der Waals surface area contributed by atoms with Gasteiger partial charge in [0, 0.05) is 10.9 Å². The van der Waals surface area contributed by atoms with E-state index in [1.807, 2.05) is 0 Å². The summed E-state index contributed by atoms with van der Waals surface area (Å²) in [5.41, 5.74) is -0.201. The lowest BCUT2D eigenvalue weighted by atomic mass is 9.91. The van der Waals surface area contributed by atoms with E-state index in [2.05, 4.69) is 20.7 Å². The van der Waals surface area contributed by atoms with Crippen molar-refractivity contribution < 1.29 is 8.42 Å². The van der Waals surface area contributed by atoms with Crippen molar-refractivity contribution in [1.82, 2.24) is 4.72 Å². The number of hydrogen-bond donors (Lipinski definition) is 1. The summed E-state index contributed by atoms with van der Waals surface area (Å²) in [6.45, 7) is 0. The van der Waals surface area contributed by atoms with Crippen LogP contribution in [-0.2, 0) is 10.0 Å². The molecule has 1 N–H and O–H groups in total. The van der Waals surface area contributed by atoms with E-state index in [4.69, 9.17) is 0 Å². The molecule has 0 spiro atoms. The Morgan fingerprint density at radius 3 is 2.22 bits per heavy atom. The summed E-state index contributed by atoms with van der Waals surface area (Å²) >= 11 is 3.48. The maximum atomic E-state index is 12.3. The number of halogens is 1. The Balaban J connectivity index is 1.93. The number of nitrogens with one attached hydrogen (secondary N) is 1. The van der Waals surface area contributed by atoms with Gasteiger partial charge in [-0.05, 0) is 31.6 Å². The number of alkyl halides is 1. The maximum Gasteiger partial charge on any atom is 0.212 e. The minimum absolute atomic E-state index is 0.201. The van der Waals surface area contributed by atoms with Crippen LogP contribution in [0.1, 0.15) is 57.8 Å². The molecule has 0 aromatic rings. The summed E-state index contributed by atoms with van der Waals surface area (Å²) in [5, 5.41) is 0.740.